The van der Waals surface area contributed by atoms with Gasteiger partial charge in [0.25, 0.3) is 0 Å². The van der Waals surface area contributed by atoms with Crippen LogP contribution in [0, 0.1) is 5.92 Å². The first-order chi connectivity index (χ1) is 6.41. The zero-order chi connectivity index (χ0) is 10.8. The minimum absolute atomic E-state index is 0.309. The second-order valence-corrected chi connectivity index (χ2v) is 9.19. The van der Waals surface area contributed by atoms with Gasteiger partial charge in [0.05, 0.1) is 0 Å². The van der Waals surface area contributed by atoms with Crippen LogP contribution >= 0.6 is 11.1 Å². The zero-order valence-corrected chi connectivity index (χ0v) is 11.4. The zero-order valence-electron chi connectivity index (χ0n) is 9.60. The molecule has 0 saturated heterocycles. The summed E-state index contributed by atoms with van der Waals surface area (Å²) in [6.45, 7) is 9.04. The molecule has 0 aromatic rings. The fourth-order valence-corrected chi connectivity index (χ4v) is 3.61. The van der Waals surface area contributed by atoms with Crippen molar-refractivity contribution in [1.82, 2.24) is 0 Å². The van der Waals surface area contributed by atoms with Crippen molar-refractivity contribution in [1.29, 1.82) is 0 Å². The molecule has 0 saturated carbocycles. The Labute approximate surface area is 94.4 Å². The van der Waals surface area contributed by atoms with Gasteiger partial charge in [0.1, 0.15) is 0 Å². The predicted molar refractivity (Wildman–Crippen MR) is 67.1 cm³/mol. The third kappa shape index (κ3) is 3.29. The lowest BCUT2D eigenvalue weighted by Gasteiger charge is -2.25. The first-order valence-electron chi connectivity index (χ1n) is 5.29. The molecule has 0 nitrogen and oxygen atoms in total. The molecule has 1 aliphatic carbocycles. The van der Waals surface area contributed by atoms with E-state index in [0.29, 0.717) is 11.0 Å². The van der Waals surface area contributed by atoms with Gasteiger partial charge < -0.3 is 0 Å². The van der Waals surface area contributed by atoms with E-state index in [1.807, 2.05) is 0 Å². The van der Waals surface area contributed by atoms with Crippen molar-refractivity contribution in [2.24, 2.45) is 5.92 Å². The Morgan fingerprint density at radius 2 is 2.14 bits per heavy atom. The molecule has 0 N–H and O–H groups in total. The van der Waals surface area contributed by atoms with Gasteiger partial charge in [0.2, 0.25) is 0 Å². The van der Waals surface area contributed by atoms with Gasteiger partial charge in [-0.1, -0.05) is 45.9 Å². The summed E-state index contributed by atoms with van der Waals surface area (Å²) in [6.07, 6.45) is 7.90. The number of hydrogen-bond acceptors (Lipinski definition) is 0. The maximum absolute atomic E-state index is 6.48. The standard InChI is InChI=1S/C12H20ClSi/c1-10(11-7-5-6-8-11)9-14(13)12(2,3)4/h5,7-8,10H,6,9H2,1-4H3. The van der Waals surface area contributed by atoms with E-state index < -0.39 is 8.11 Å². The van der Waals surface area contributed by atoms with Crippen LogP contribution in [0.15, 0.2) is 23.8 Å². The van der Waals surface area contributed by atoms with Crippen molar-refractivity contribution in [2.45, 2.75) is 45.2 Å². The van der Waals surface area contributed by atoms with Gasteiger partial charge in [-0.05, 0) is 29.0 Å². The Balaban J connectivity index is 2.48. The Bertz CT molecular complexity index is 248. The Hall–Kier alpha value is -0.0131. The molecule has 0 aromatic carbocycles. The SMILES string of the molecule is CC(C[Si](Cl)C(C)(C)C)C1=CCC=C1. The molecule has 0 spiro atoms. The van der Waals surface area contributed by atoms with Crippen LogP contribution in [0.5, 0.6) is 0 Å². The Kier molecular flexibility index (Phi) is 4.02. The molecule has 0 fully saturated rings. The molecule has 0 aliphatic heterocycles. The van der Waals surface area contributed by atoms with E-state index >= 15 is 0 Å². The summed E-state index contributed by atoms with van der Waals surface area (Å²) in [5.74, 6) is 0.638. The molecule has 2 heteroatoms. The van der Waals surface area contributed by atoms with Gasteiger partial charge >= 0.3 is 0 Å². The van der Waals surface area contributed by atoms with Crippen molar-refractivity contribution in [3.63, 3.8) is 0 Å². The first-order valence-corrected chi connectivity index (χ1v) is 8.01. The van der Waals surface area contributed by atoms with Crippen LogP contribution in [-0.4, -0.2) is 8.11 Å². The van der Waals surface area contributed by atoms with Gasteiger partial charge in [-0.3, -0.25) is 0 Å². The lowest BCUT2D eigenvalue weighted by Crippen LogP contribution is -2.21. The highest BCUT2D eigenvalue weighted by Gasteiger charge is 2.27. The summed E-state index contributed by atoms with van der Waals surface area (Å²) in [5, 5.41) is 0.309. The second kappa shape index (κ2) is 4.67. The fraction of sp³-hybridized carbons (Fsp3) is 0.667. The average Bonchev–Trinajstić information content (AvgIpc) is 2.53. The highest BCUT2D eigenvalue weighted by atomic mass is 35.6. The smallest absolute Gasteiger partial charge is 0.168 e. The van der Waals surface area contributed by atoms with E-state index in [2.05, 4.69) is 45.9 Å². The van der Waals surface area contributed by atoms with Crippen molar-refractivity contribution in [3.05, 3.63) is 23.8 Å². The molecule has 0 bridgehead atoms. The molecule has 1 rings (SSSR count). The molecule has 1 aliphatic rings. The van der Waals surface area contributed by atoms with Crippen LogP contribution in [0.4, 0.5) is 0 Å². The minimum Gasteiger partial charge on any atom is -0.168 e. The molecular formula is C12H20ClSi. The first kappa shape index (κ1) is 12.1. The van der Waals surface area contributed by atoms with Gasteiger partial charge in [-0.2, -0.15) is 11.1 Å². The van der Waals surface area contributed by atoms with Crippen LogP contribution in [-0.2, 0) is 0 Å². The summed E-state index contributed by atoms with van der Waals surface area (Å²) < 4.78 is 0. The lowest BCUT2D eigenvalue weighted by atomic mass is 10.1. The van der Waals surface area contributed by atoms with Gasteiger partial charge in [-0.25, -0.2) is 0 Å². The molecule has 0 aromatic heterocycles. The molecule has 1 atom stereocenters. The fourth-order valence-electron chi connectivity index (χ4n) is 1.53. The largest absolute Gasteiger partial charge is 0.171 e. The van der Waals surface area contributed by atoms with E-state index in [1.54, 1.807) is 0 Å². The summed E-state index contributed by atoms with van der Waals surface area (Å²) in [6, 6.07) is 1.17. The topological polar surface area (TPSA) is 0 Å². The number of allylic oxidation sites excluding steroid dienone is 4. The minimum atomic E-state index is -0.743. The van der Waals surface area contributed by atoms with E-state index in [9.17, 15) is 0 Å². The summed E-state index contributed by atoms with van der Waals surface area (Å²) in [5.41, 5.74) is 1.48. The van der Waals surface area contributed by atoms with E-state index in [1.165, 1.54) is 11.6 Å². The normalized spacial score (nSPS) is 18.9. The molecular weight excluding hydrogens is 208 g/mol. The van der Waals surface area contributed by atoms with Crippen LogP contribution in [0.2, 0.25) is 11.1 Å². The van der Waals surface area contributed by atoms with Crippen LogP contribution in [0.25, 0.3) is 0 Å². The maximum Gasteiger partial charge on any atom is 0.171 e. The summed E-state index contributed by atoms with van der Waals surface area (Å²) in [4.78, 5) is 0. The Morgan fingerprint density at radius 3 is 2.57 bits per heavy atom. The number of hydrogen-bond donors (Lipinski definition) is 0. The van der Waals surface area contributed by atoms with Crippen molar-refractivity contribution < 1.29 is 0 Å². The molecule has 79 valence electrons. The summed E-state index contributed by atoms with van der Waals surface area (Å²) >= 11 is 6.48. The van der Waals surface area contributed by atoms with Gasteiger partial charge in [0, 0.05) is 0 Å². The van der Waals surface area contributed by atoms with Crippen molar-refractivity contribution >= 4 is 19.2 Å². The van der Waals surface area contributed by atoms with Crippen LogP contribution < -0.4 is 0 Å². The van der Waals surface area contributed by atoms with E-state index in [-0.39, 0.29) is 0 Å². The highest BCUT2D eigenvalue weighted by Crippen LogP contribution is 2.35. The van der Waals surface area contributed by atoms with Crippen molar-refractivity contribution in [2.75, 3.05) is 0 Å². The molecule has 0 heterocycles. The van der Waals surface area contributed by atoms with Crippen LogP contribution in [0.3, 0.4) is 0 Å². The van der Waals surface area contributed by atoms with Crippen molar-refractivity contribution in [3.8, 4) is 0 Å². The predicted octanol–water partition coefficient (Wildman–Crippen LogP) is 4.54. The number of halogens is 1. The van der Waals surface area contributed by atoms with Gasteiger partial charge in [-0.15, -0.1) is 0 Å². The third-order valence-electron chi connectivity index (χ3n) is 2.67. The quantitative estimate of drug-likeness (QED) is 0.491. The monoisotopic (exact) mass is 227 g/mol. The average molecular weight is 228 g/mol. The molecule has 0 amide bonds. The van der Waals surface area contributed by atoms with E-state index in [0.717, 1.165) is 6.42 Å². The molecule has 1 unspecified atom stereocenters. The highest BCUT2D eigenvalue weighted by molar-refractivity contribution is 7.08. The van der Waals surface area contributed by atoms with E-state index in [4.69, 9.17) is 11.1 Å². The lowest BCUT2D eigenvalue weighted by molar-refractivity contribution is 0.708. The Morgan fingerprint density at radius 1 is 1.50 bits per heavy atom. The number of rotatable bonds is 3. The second-order valence-electron chi connectivity index (χ2n) is 5.10. The van der Waals surface area contributed by atoms with Crippen LogP contribution in [0.1, 0.15) is 34.1 Å². The maximum atomic E-state index is 6.48. The third-order valence-corrected chi connectivity index (χ3v) is 7.43. The summed E-state index contributed by atoms with van der Waals surface area (Å²) in [7, 11) is -0.743. The molecule has 14 heavy (non-hydrogen) atoms. The molecule has 1 radical (unpaired) electrons. The van der Waals surface area contributed by atoms with Gasteiger partial charge in [0.15, 0.2) is 8.11 Å².